The Hall–Kier alpha value is -0.473. The Bertz CT molecular complexity index is 503. The molecule has 0 spiro atoms. The molecule has 0 aliphatic heterocycles. The van der Waals surface area contributed by atoms with Crippen molar-refractivity contribution in [3.05, 3.63) is 0 Å². The van der Waals surface area contributed by atoms with Crippen molar-refractivity contribution in [2.75, 3.05) is 34.5 Å². The Morgan fingerprint density at radius 3 is 2.36 bits per heavy atom. The fourth-order valence-corrected chi connectivity index (χ4v) is 8.12. The molecule has 6 nitrogen and oxygen atoms in total. The smallest absolute Gasteiger partial charge is 0.465 e. The lowest BCUT2D eigenvalue weighted by molar-refractivity contribution is -0.145. The van der Waals surface area contributed by atoms with E-state index < -0.39 is 8.80 Å². The van der Waals surface area contributed by atoms with Gasteiger partial charge in [0, 0.05) is 40.4 Å². The molecule has 0 aromatic heterocycles. The van der Waals surface area contributed by atoms with Crippen LogP contribution in [-0.4, -0.2) is 54.4 Å². The number of aliphatic hydroxyl groups is 1. The van der Waals surface area contributed by atoms with Gasteiger partial charge in [-0.1, -0.05) is 0 Å². The van der Waals surface area contributed by atoms with Gasteiger partial charge < -0.3 is 23.1 Å². The van der Waals surface area contributed by atoms with Gasteiger partial charge >= 0.3 is 14.8 Å². The quantitative estimate of drug-likeness (QED) is 0.318. The first-order valence-corrected chi connectivity index (χ1v) is 12.9. The van der Waals surface area contributed by atoms with Crippen molar-refractivity contribution in [3.63, 3.8) is 0 Å². The molecule has 2 bridgehead atoms. The van der Waals surface area contributed by atoms with Gasteiger partial charge in [-0.15, -0.1) is 0 Å². The van der Waals surface area contributed by atoms with Crippen molar-refractivity contribution in [2.24, 2.45) is 35.5 Å². The minimum absolute atomic E-state index is 0.0920. The average Bonchev–Trinajstić information content (AvgIpc) is 3.19. The second kappa shape index (κ2) is 10.0. The van der Waals surface area contributed by atoms with Gasteiger partial charge in [-0.25, -0.2) is 0 Å². The van der Waals surface area contributed by atoms with Crippen molar-refractivity contribution in [1.29, 1.82) is 0 Å². The number of ether oxygens (including phenoxy) is 1. The Morgan fingerprint density at radius 1 is 0.964 bits per heavy atom. The van der Waals surface area contributed by atoms with Crippen LogP contribution >= 0.6 is 0 Å². The highest BCUT2D eigenvalue weighted by Crippen LogP contribution is 2.58. The lowest BCUT2D eigenvalue weighted by Crippen LogP contribution is -2.43. The molecule has 4 fully saturated rings. The summed E-state index contributed by atoms with van der Waals surface area (Å²) in [4.78, 5) is 12.1. The predicted octanol–water partition coefficient (Wildman–Crippen LogP) is 3.26. The van der Waals surface area contributed by atoms with E-state index in [1.54, 1.807) is 21.3 Å². The number of hydrogen-bond donors (Lipinski definition) is 1. The molecule has 0 heterocycles. The maximum absolute atomic E-state index is 12.1. The standard InChI is InChI=1S/C21H38O6Si/c1-24-28(25-2,26-3)9-5-4-6-21(23)27-14-15-10-19-16-7-8-18(20(19)11-15)17(12-16)13-22/h15-20,22H,4-14H2,1-3H3. The zero-order chi connectivity index (χ0) is 20.1. The van der Waals surface area contributed by atoms with E-state index in [-0.39, 0.29) is 5.97 Å². The van der Waals surface area contributed by atoms with E-state index in [9.17, 15) is 9.90 Å². The number of rotatable bonds is 11. The first-order valence-electron chi connectivity index (χ1n) is 11.0. The van der Waals surface area contributed by atoms with Crippen molar-refractivity contribution in [2.45, 2.75) is 57.4 Å². The highest BCUT2D eigenvalue weighted by atomic mass is 28.4. The monoisotopic (exact) mass is 414 g/mol. The normalized spacial score (nSPS) is 34.4. The summed E-state index contributed by atoms with van der Waals surface area (Å²) in [6, 6.07) is 0.713. The van der Waals surface area contributed by atoms with Crippen molar-refractivity contribution in [1.82, 2.24) is 0 Å². The second-order valence-corrected chi connectivity index (χ2v) is 12.1. The molecule has 0 amide bonds. The van der Waals surface area contributed by atoms with E-state index in [4.69, 9.17) is 18.0 Å². The van der Waals surface area contributed by atoms with Crippen molar-refractivity contribution < 1.29 is 27.9 Å². The van der Waals surface area contributed by atoms with Gasteiger partial charge in [0.25, 0.3) is 0 Å². The maximum Gasteiger partial charge on any atom is 0.500 e. The van der Waals surface area contributed by atoms with Crippen LogP contribution in [0.15, 0.2) is 0 Å². The number of aliphatic hydroxyl groups excluding tert-OH is 1. The molecule has 6 unspecified atom stereocenters. The third kappa shape index (κ3) is 4.81. The van der Waals surface area contributed by atoms with Crippen LogP contribution in [0.5, 0.6) is 0 Å². The molecule has 4 aliphatic rings. The molecule has 4 saturated carbocycles. The summed E-state index contributed by atoms with van der Waals surface area (Å²) in [5.41, 5.74) is 0. The van der Waals surface area contributed by atoms with Crippen LogP contribution in [0.25, 0.3) is 0 Å². The minimum atomic E-state index is -2.53. The maximum atomic E-state index is 12.1. The van der Waals surface area contributed by atoms with Gasteiger partial charge in [0.15, 0.2) is 0 Å². The largest absolute Gasteiger partial charge is 0.500 e. The average molecular weight is 415 g/mol. The van der Waals surface area contributed by atoms with Gasteiger partial charge in [-0.2, -0.15) is 0 Å². The molecule has 0 aromatic rings. The lowest BCUT2D eigenvalue weighted by atomic mass is 9.56. The van der Waals surface area contributed by atoms with Crippen LogP contribution in [-0.2, 0) is 22.8 Å². The Kier molecular flexibility index (Phi) is 7.95. The topological polar surface area (TPSA) is 74.2 Å². The zero-order valence-corrected chi connectivity index (χ0v) is 18.7. The molecule has 0 radical (unpaired) electrons. The van der Waals surface area contributed by atoms with E-state index in [0.29, 0.717) is 43.4 Å². The highest BCUT2D eigenvalue weighted by Gasteiger charge is 2.52. The van der Waals surface area contributed by atoms with Gasteiger partial charge in [0.05, 0.1) is 6.61 Å². The summed E-state index contributed by atoms with van der Waals surface area (Å²) in [5.74, 6) is 3.99. The Labute approximate surface area is 170 Å². The van der Waals surface area contributed by atoms with Gasteiger partial charge in [-0.3, -0.25) is 4.79 Å². The molecular weight excluding hydrogens is 376 g/mol. The van der Waals surface area contributed by atoms with E-state index in [1.807, 2.05) is 0 Å². The molecule has 162 valence electrons. The fourth-order valence-electron chi connectivity index (χ4n) is 6.32. The van der Waals surface area contributed by atoms with E-state index in [2.05, 4.69) is 0 Å². The molecular formula is C21H38O6Si. The van der Waals surface area contributed by atoms with Gasteiger partial charge in [-0.05, 0) is 80.5 Å². The summed E-state index contributed by atoms with van der Waals surface area (Å²) >= 11 is 0. The van der Waals surface area contributed by atoms with Crippen molar-refractivity contribution >= 4 is 14.8 Å². The van der Waals surface area contributed by atoms with E-state index in [1.165, 1.54) is 32.1 Å². The highest BCUT2D eigenvalue weighted by molar-refractivity contribution is 6.60. The number of hydrogen-bond acceptors (Lipinski definition) is 6. The molecule has 0 saturated heterocycles. The minimum Gasteiger partial charge on any atom is -0.465 e. The zero-order valence-electron chi connectivity index (χ0n) is 17.7. The Balaban J connectivity index is 1.35. The summed E-state index contributed by atoms with van der Waals surface area (Å²) in [7, 11) is 2.31. The number of esters is 1. The molecule has 7 heteroatoms. The molecule has 0 aromatic carbocycles. The molecule has 6 atom stereocenters. The van der Waals surface area contributed by atoms with Crippen LogP contribution < -0.4 is 0 Å². The molecule has 4 rings (SSSR count). The summed E-state index contributed by atoms with van der Waals surface area (Å²) in [6.45, 7) is 0.922. The van der Waals surface area contributed by atoms with Crippen LogP contribution in [0.4, 0.5) is 0 Å². The first kappa shape index (κ1) is 22.2. The van der Waals surface area contributed by atoms with Crippen molar-refractivity contribution in [3.8, 4) is 0 Å². The SMILES string of the molecule is CO[Si](CCCCC(=O)OCC1CC2C3CCC(C(CO)C3)C2C1)(OC)OC. The van der Waals surface area contributed by atoms with Crippen LogP contribution in [0.1, 0.15) is 51.4 Å². The lowest BCUT2D eigenvalue weighted by Gasteiger charge is -2.50. The van der Waals surface area contributed by atoms with E-state index in [0.717, 1.165) is 30.6 Å². The van der Waals surface area contributed by atoms with Crippen LogP contribution in [0.3, 0.4) is 0 Å². The number of unbranched alkanes of at least 4 members (excludes halogenated alkanes) is 1. The van der Waals surface area contributed by atoms with E-state index >= 15 is 0 Å². The third-order valence-electron chi connectivity index (χ3n) is 7.76. The predicted molar refractivity (Wildman–Crippen MR) is 108 cm³/mol. The molecule has 28 heavy (non-hydrogen) atoms. The number of carbonyl (C=O) groups is 1. The van der Waals surface area contributed by atoms with Gasteiger partial charge in [0.2, 0.25) is 0 Å². The fraction of sp³-hybridized carbons (Fsp3) is 0.952. The summed E-state index contributed by atoms with van der Waals surface area (Å²) < 4.78 is 21.8. The van der Waals surface area contributed by atoms with Gasteiger partial charge in [0.1, 0.15) is 0 Å². The number of fused-ring (bicyclic) bond motifs is 2. The summed E-state index contributed by atoms with van der Waals surface area (Å²) in [6.07, 6.45) is 8.27. The molecule has 1 N–H and O–H groups in total. The second-order valence-electron chi connectivity index (χ2n) is 9.03. The van der Waals surface area contributed by atoms with Crippen LogP contribution in [0, 0.1) is 35.5 Å². The first-order chi connectivity index (χ1) is 13.6. The summed E-state index contributed by atoms with van der Waals surface area (Å²) in [5, 5.41) is 9.69. The number of carbonyl (C=O) groups excluding carboxylic acids is 1. The third-order valence-corrected chi connectivity index (χ3v) is 10.6. The Morgan fingerprint density at radius 2 is 1.68 bits per heavy atom. The van der Waals surface area contributed by atoms with Crippen LogP contribution in [0.2, 0.25) is 6.04 Å². The molecule has 4 aliphatic carbocycles.